The van der Waals surface area contributed by atoms with Gasteiger partial charge in [0.05, 0.1) is 13.1 Å². The lowest BCUT2D eigenvalue weighted by atomic mass is 9.93. The van der Waals surface area contributed by atoms with Gasteiger partial charge in [-0.2, -0.15) is 0 Å². The van der Waals surface area contributed by atoms with Gasteiger partial charge in [0.25, 0.3) is 0 Å². The average Bonchev–Trinajstić information content (AvgIpc) is 2.82. The maximum Gasteiger partial charge on any atom is 0.317 e. The van der Waals surface area contributed by atoms with Crippen LogP contribution < -0.4 is 10.1 Å². The second kappa shape index (κ2) is 7.01. The zero-order chi connectivity index (χ0) is 18.0. The molecule has 0 fully saturated rings. The van der Waals surface area contributed by atoms with Gasteiger partial charge in [-0.1, -0.05) is 30.8 Å². The van der Waals surface area contributed by atoms with E-state index in [1.807, 2.05) is 19.1 Å². The van der Waals surface area contributed by atoms with Crippen LogP contribution in [0.1, 0.15) is 23.6 Å². The molecular formula is C21H24N2O2. The lowest BCUT2D eigenvalue weighted by Crippen LogP contribution is -2.38. The van der Waals surface area contributed by atoms with Crippen LogP contribution >= 0.6 is 0 Å². The Hall–Kier alpha value is -2.75. The number of benzene rings is 2. The highest BCUT2D eigenvalue weighted by Gasteiger charge is 2.22. The van der Waals surface area contributed by atoms with E-state index in [4.69, 9.17) is 4.74 Å². The van der Waals surface area contributed by atoms with Crippen LogP contribution in [0, 0.1) is 6.92 Å². The monoisotopic (exact) mass is 336 g/mol. The molecule has 0 unspecified atom stereocenters. The number of allylic oxidation sites excluding steroid dienone is 1. The molecule has 0 aliphatic carbocycles. The lowest BCUT2D eigenvalue weighted by Gasteiger charge is -2.20. The molecule has 1 N–H and O–H groups in total. The molecule has 0 aromatic heterocycles. The molecule has 0 bridgehead atoms. The van der Waals surface area contributed by atoms with E-state index in [1.165, 1.54) is 11.1 Å². The molecule has 1 aliphatic rings. The van der Waals surface area contributed by atoms with Crippen LogP contribution in [0.3, 0.4) is 0 Å². The summed E-state index contributed by atoms with van der Waals surface area (Å²) in [4.78, 5) is 13.9. The number of fused-ring (bicyclic) bond motifs is 1. The number of urea groups is 1. The van der Waals surface area contributed by atoms with Crippen LogP contribution in [0.25, 0.3) is 16.7 Å². The van der Waals surface area contributed by atoms with Crippen molar-refractivity contribution in [1.29, 1.82) is 0 Å². The summed E-state index contributed by atoms with van der Waals surface area (Å²) in [6, 6.07) is 12.5. The molecule has 4 nitrogen and oxygen atoms in total. The number of carbonyl (C=O) groups is 1. The van der Waals surface area contributed by atoms with E-state index in [9.17, 15) is 4.79 Å². The van der Waals surface area contributed by atoms with Gasteiger partial charge in [0.1, 0.15) is 12.4 Å². The topological polar surface area (TPSA) is 41.6 Å². The first-order chi connectivity index (χ1) is 12.0. The van der Waals surface area contributed by atoms with Gasteiger partial charge >= 0.3 is 6.03 Å². The summed E-state index contributed by atoms with van der Waals surface area (Å²) in [5, 5.41) is 2.70. The molecule has 4 heteroatoms. The summed E-state index contributed by atoms with van der Waals surface area (Å²) in [6.45, 7) is 9.77. The number of hydrogen-bond donors (Lipinski definition) is 1. The van der Waals surface area contributed by atoms with Gasteiger partial charge in [-0.25, -0.2) is 4.79 Å². The van der Waals surface area contributed by atoms with Gasteiger partial charge in [0.2, 0.25) is 0 Å². The van der Waals surface area contributed by atoms with Gasteiger partial charge in [-0.05, 0) is 48.2 Å². The zero-order valence-corrected chi connectivity index (χ0v) is 15.1. The fourth-order valence-corrected chi connectivity index (χ4v) is 3.22. The first-order valence-corrected chi connectivity index (χ1v) is 8.49. The smallest absolute Gasteiger partial charge is 0.317 e. The molecule has 25 heavy (non-hydrogen) atoms. The summed E-state index contributed by atoms with van der Waals surface area (Å²) in [5.41, 5.74) is 6.50. The molecule has 0 saturated heterocycles. The minimum Gasteiger partial charge on any atom is -0.491 e. The molecule has 1 heterocycles. The number of aryl methyl sites for hydroxylation is 1. The van der Waals surface area contributed by atoms with E-state index in [1.54, 1.807) is 11.9 Å². The summed E-state index contributed by atoms with van der Waals surface area (Å²) in [5.74, 6) is 0.844. The first-order valence-electron chi connectivity index (χ1n) is 8.49. The molecule has 0 radical (unpaired) electrons. The number of hydrogen-bond acceptors (Lipinski definition) is 2. The van der Waals surface area contributed by atoms with E-state index in [-0.39, 0.29) is 6.03 Å². The number of amides is 2. The predicted molar refractivity (Wildman–Crippen MR) is 102 cm³/mol. The van der Waals surface area contributed by atoms with Crippen LogP contribution in [0.15, 0.2) is 43.0 Å². The summed E-state index contributed by atoms with van der Waals surface area (Å²) in [6.07, 6.45) is 0. The molecule has 2 aromatic carbocycles. The van der Waals surface area contributed by atoms with Crippen LogP contribution in [-0.2, 0) is 6.54 Å². The van der Waals surface area contributed by atoms with Crippen LogP contribution in [0.4, 0.5) is 4.79 Å². The fraction of sp³-hybridized carbons (Fsp3) is 0.286. The van der Waals surface area contributed by atoms with Crippen molar-refractivity contribution in [2.75, 3.05) is 20.2 Å². The predicted octanol–water partition coefficient (Wildman–Crippen LogP) is 4.23. The second-order valence-electron chi connectivity index (χ2n) is 6.43. The largest absolute Gasteiger partial charge is 0.491 e. The third-order valence-electron chi connectivity index (χ3n) is 4.55. The van der Waals surface area contributed by atoms with Gasteiger partial charge < -0.3 is 15.0 Å². The molecule has 130 valence electrons. The highest BCUT2D eigenvalue weighted by Crippen LogP contribution is 2.37. The lowest BCUT2D eigenvalue weighted by molar-refractivity contribution is 0.190. The quantitative estimate of drug-likeness (QED) is 0.892. The SMILES string of the molecule is C=C(C)c1cc(-c2ccccc2C)cc2c1OCCN(C(=O)NC)C2. The Balaban J connectivity index is 2.14. The Morgan fingerprint density at radius 3 is 2.72 bits per heavy atom. The van der Waals surface area contributed by atoms with E-state index in [0.29, 0.717) is 19.7 Å². The standard InChI is InChI=1S/C21H24N2O2/c1-14(2)19-12-16(18-8-6-5-7-15(18)3)11-17-13-23(21(24)22-4)9-10-25-20(17)19/h5-8,11-12H,1,9-10,13H2,2-4H3,(H,22,24). The normalized spacial score (nSPS) is 13.5. The maximum atomic E-state index is 12.1. The van der Waals surface area contributed by atoms with Crippen molar-refractivity contribution in [2.45, 2.75) is 20.4 Å². The van der Waals surface area contributed by atoms with Gasteiger partial charge in [0, 0.05) is 18.2 Å². The van der Waals surface area contributed by atoms with Gasteiger partial charge in [-0.15, -0.1) is 0 Å². The number of nitrogens with zero attached hydrogens (tertiary/aromatic N) is 1. The zero-order valence-electron chi connectivity index (χ0n) is 15.1. The van der Waals surface area contributed by atoms with E-state index in [2.05, 4.69) is 43.1 Å². The van der Waals surface area contributed by atoms with Crippen molar-refractivity contribution in [3.63, 3.8) is 0 Å². The maximum absolute atomic E-state index is 12.1. The Morgan fingerprint density at radius 1 is 1.28 bits per heavy atom. The molecule has 2 amide bonds. The summed E-state index contributed by atoms with van der Waals surface area (Å²) in [7, 11) is 1.65. The molecule has 0 spiro atoms. The molecule has 0 saturated carbocycles. The van der Waals surface area contributed by atoms with Crippen LogP contribution in [-0.4, -0.2) is 31.1 Å². The third kappa shape index (κ3) is 3.38. The van der Waals surface area contributed by atoms with Crippen molar-refractivity contribution < 1.29 is 9.53 Å². The van der Waals surface area contributed by atoms with Crippen molar-refractivity contribution in [3.05, 3.63) is 59.7 Å². The number of ether oxygens (including phenoxy) is 1. The summed E-state index contributed by atoms with van der Waals surface area (Å²) >= 11 is 0. The molecule has 2 aromatic rings. The Labute approximate surface area is 149 Å². The minimum atomic E-state index is -0.0883. The average molecular weight is 336 g/mol. The molecule has 3 rings (SSSR count). The highest BCUT2D eigenvalue weighted by atomic mass is 16.5. The fourth-order valence-electron chi connectivity index (χ4n) is 3.22. The minimum absolute atomic E-state index is 0.0883. The first kappa shape index (κ1) is 17.1. The van der Waals surface area contributed by atoms with Crippen molar-refractivity contribution in [3.8, 4) is 16.9 Å². The van der Waals surface area contributed by atoms with Gasteiger partial charge in [0.15, 0.2) is 0 Å². The Kier molecular flexibility index (Phi) is 4.79. The van der Waals surface area contributed by atoms with Crippen molar-refractivity contribution in [2.24, 2.45) is 0 Å². The van der Waals surface area contributed by atoms with E-state index >= 15 is 0 Å². The van der Waals surface area contributed by atoms with Crippen LogP contribution in [0.5, 0.6) is 5.75 Å². The van der Waals surface area contributed by atoms with Gasteiger partial charge in [-0.3, -0.25) is 0 Å². The number of carbonyl (C=O) groups excluding carboxylic acids is 1. The Morgan fingerprint density at radius 2 is 2.04 bits per heavy atom. The summed E-state index contributed by atoms with van der Waals surface area (Å²) < 4.78 is 6.00. The Bertz CT molecular complexity index is 827. The van der Waals surface area contributed by atoms with Crippen LogP contribution in [0.2, 0.25) is 0 Å². The van der Waals surface area contributed by atoms with E-state index in [0.717, 1.165) is 28.0 Å². The van der Waals surface area contributed by atoms with Crippen molar-refractivity contribution in [1.82, 2.24) is 10.2 Å². The third-order valence-corrected chi connectivity index (χ3v) is 4.55. The molecular weight excluding hydrogens is 312 g/mol. The molecule has 0 atom stereocenters. The number of nitrogens with one attached hydrogen (secondary N) is 1. The number of rotatable bonds is 2. The second-order valence-corrected chi connectivity index (χ2v) is 6.43. The van der Waals surface area contributed by atoms with E-state index < -0.39 is 0 Å². The molecule has 1 aliphatic heterocycles. The van der Waals surface area contributed by atoms with Crippen molar-refractivity contribution >= 4 is 11.6 Å². The highest BCUT2D eigenvalue weighted by molar-refractivity contribution is 5.79.